The van der Waals surface area contributed by atoms with Gasteiger partial charge >= 0.3 is 13.9 Å². The second kappa shape index (κ2) is 10.3. The molecule has 0 amide bonds. The van der Waals surface area contributed by atoms with E-state index in [9.17, 15) is 17.7 Å². The summed E-state index contributed by atoms with van der Waals surface area (Å²) in [6, 6.07) is 0. The fourth-order valence-corrected chi connectivity index (χ4v) is 3.10. The molecule has 0 saturated carbocycles. The molecule has 1 aliphatic rings. The Morgan fingerprint density at radius 1 is 1.10 bits per heavy atom. The summed E-state index contributed by atoms with van der Waals surface area (Å²) < 4.78 is 61.6. The summed E-state index contributed by atoms with van der Waals surface area (Å²) >= 11 is 0. The van der Waals surface area contributed by atoms with Crippen molar-refractivity contribution in [1.82, 2.24) is 0 Å². The van der Waals surface area contributed by atoms with Gasteiger partial charge in [0.25, 0.3) is 6.36 Å². The van der Waals surface area contributed by atoms with E-state index in [0.717, 1.165) is 19.3 Å². The van der Waals surface area contributed by atoms with E-state index in [1.807, 2.05) is 0 Å². The third kappa shape index (κ3) is 8.06. The molecule has 4 nitrogen and oxygen atoms in total. The summed E-state index contributed by atoms with van der Waals surface area (Å²) in [4.78, 5) is 0. The molecule has 121 valence electrons. The molecule has 0 spiro atoms. The molecule has 1 radical (unpaired) electrons. The predicted octanol–water partition coefficient (Wildman–Crippen LogP) is 4.81. The molecule has 0 N–H and O–H groups in total. The maximum atomic E-state index is 12.6. The van der Waals surface area contributed by atoms with E-state index in [0.29, 0.717) is 6.42 Å². The van der Waals surface area contributed by atoms with E-state index in [1.165, 1.54) is 25.7 Å². The maximum absolute atomic E-state index is 12.6. The number of halogens is 3. The molecule has 9 heteroatoms. The minimum absolute atomic E-state index is 0. The van der Waals surface area contributed by atoms with Crippen molar-refractivity contribution in [3.8, 4) is 0 Å². The van der Waals surface area contributed by atoms with Crippen LogP contribution in [0.25, 0.3) is 0 Å². The second-order valence-corrected chi connectivity index (χ2v) is 6.38. The third-order valence-electron chi connectivity index (χ3n) is 2.97. The number of hydrogen-bond acceptors (Lipinski definition) is 4. The number of alkyl halides is 3. The van der Waals surface area contributed by atoms with Gasteiger partial charge in [-0.15, -0.1) is 0 Å². The molecular weight excluding hydrogens is 303 g/mol. The first kappa shape index (κ1) is 21.5. The Bertz CT molecular complexity index is 334. The molecule has 1 rings (SSSR count). The molecule has 0 aliphatic carbocycles. The summed E-state index contributed by atoms with van der Waals surface area (Å²) in [7, 11) is -4.44. The minimum Gasteiger partial charge on any atom is -0.287 e. The van der Waals surface area contributed by atoms with Crippen LogP contribution in [0.5, 0.6) is 0 Å². The van der Waals surface area contributed by atoms with Crippen LogP contribution >= 0.6 is 7.82 Å². The normalized spacial score (nSPS) is 27.5. The first-order chi connectivity index (χ1) is 9.40. The van der Waals surface area contributed by atoms with E-state index in [1.54, 1.807) is 0 Å². The first-order valence-electron chi connectivity index (χ1n) is 7.05. The van der Waals surface area contributed by atoms with Gasteiger partial charge in [0, 0.05) is 18.9 Å². The Kier molecular flexibility index (Phi) is 10.5. The molecule has 0 aromatic heterocycles. The van der Waals surface area contributed by atoms with Crippen LogP contribution in [0.1, 0.15) is 58.3 Å². The van der Waals surface area contributed by atoms with Gasteiger partial charge in [-0.25, -0.2) is 18.0 Å². The summed E-state index contributed by atoms with van der Waals surface area (Å²) in [5.41, 5.74) is 0. The number of rotatable bonds is 10. The summed E-state index contributed by atoms with van der Waals surface area (Å²) in [6.07, 6.45) is 1.08. The zero-order chi connectivity index (χ0) is 15.1. The van der Waals surface area contributed by atoms with E-state index >= 15 is 0 Å². The van der Waals surface area contributed by atoms with Gasteiger partial charge in [-0.1, -0.05) is 51.9 Å². The van der Waals surface area contributed by atoms with Crippen molar-refractivity contribution < 1.29 is 31.3 Å². The van der Waals surface area contributed by atoms with Crippen LogP contribution in [0.3, 0.4) is 0 Å². The van der Waals surface area contributed by atoms with Gasteiger partial charge < -0.3 is 0 Å². The fraction of sp³-hybridized carbons (Fsp3) is 1.00. The van der Waals surface area contributed by atoms with Gasteiger partial charge in [-0.3, -0.25) is 4.52 Å². The second-order valence-electron chi connectivity index (χ2n) is 4.83. The molecule has 1 aliphatic heterocycles. The molecule has 0 aromatic rings. The zero-order valence-corrected chi connectivity index (χ0v) is 13.5. The number of hydrogen-bond donors (Lipinski definition) is 0. The van der Waals surface area contributed by atoms with Crippen LogP contribution in [0.2, 0.25) is 0 Å². The van der Waals surface area contributed by atoms with Crippen molar-refractivity contribution in [2.75, 3.05) is 6.61 Å². The van der Waals surface area contributed by atoms with Crippen molar-refractivity contribution in [3.63, 3.8) is 0 Å². The van der Waals surface area contributed by atoms with Crippen LogP contribution in [0.15, 0.2) is 0 Å². The average molecular weight is 325 g/mol. The van der Waals surface area contributed by atoms with Crippen molar-refractivity contribution in [2.45, 2.75) is 70.8 Å². The zero-order valence-electron chi connectivity index (χ0n) is 12.7. The Labute approximate surface area is 135 Å². The largest absolute Gasteiger partial charge is 0.482 e. The average Bonchev–Trinajstić information content (AvgIpc) is 2.56. The fourth-order valence-electron chi connectivity index (χ4n) is 1.86. The molecule has 2 unspecified atom stereocenters. The SMILES string of the molecule is CCCCCCCCCCOP1(=O)OC(F)C(F)(F)O1.[Li]. The smallest absolute Gasteiger partial charge is 0.287 e. The van der Waals surface area contributed by atoms with Gasteiger partial charge in [0.2, 0.25) is 0 Å². The van der Waals surface area contributed by atoms with Crippen molar-refractivity contribution in [3.05, 3.63) is 0 Å². The van der Waals surface area contributed by atoms with Crippen molar-refractivity contribution >= 4 is 26.7 Å². The summed E-state index contributed by atoms with van der Waals surface area (Å²) in [5, 5.41) is 0. The standard InChI is InChI=1S/C12H22F3O4P.Li/c1-2-3-4-5-6-7-8-9-10-17-20(16)18-11(13)12(14,15)19-20;/h11H,2-10H2,1H3;. The maximum Gasteiger partial charge on any atom is 0.482 e. The van der Waals surface area contributed by atoms with Crippen LogP contribution in [-0.2, 0) is 18.1 Å². The number of phosphoric acid groups is 1. The van der Waals surface area contributed by atoms with E-state index in [-0.39, 0.29) is 25.5 Å². The summed E-state index contributed by atoms with van der Waals surface area (Å²) in [5.74, 6) is 0. The van der Waals surface area contributed by atoms with Gasteiger partial charge in [0.15, 0.2) is 0 Å². The molecule has 2 atom stereocenters. The van der Waals surface area contributed by atoms with Crippen LogP contribution in [0, 0.1) is 0 Å². The first-order valence-corrected chi connectivity index (χ1v) is 8.51. The predicted molar refractivity (Wildman–Crippen MR) is 73.9 cm³/mol. The molecule has 1 heterocycles. The monoisotopic (exact) mass is 325 g/mol. The Morgan fingerprint density at radius 2 is 1.62 bits per heavy atom. The van der Waals surface area contributed by atoms with Crippen molar-refractivity contribution in [2.24, 2.45) is 0 Å². The molecule has 21 heavy (non-hydrogen) atoms. The third-order valence-corrected chi connectivity index (χ3v) is 4.38. The topological polar surface area (TPSA) is 44.8 Å². The Balaban J connectivity index is 0.00000400. The van der Waals surface area contributed by atoms with Gasteiger partial charge in [0.1, 0.15) is 0 Å². The molecule has 0 bridgehead atoms. The van der Waals surface area contributed by atoms with Crippen LogP contribution < -0.4 is 0 Å². The van der Waals surface area contributed by atoms with Crippen LogP contribution in [0.4, 0.5) is 13.2 Å². The molecule has 1 fully saturated rings. The van der Waals surface area contributed by atoms with E-state index in [4.69, 9.17) is 0 Å². The minimum atomic E-state index is -4.44. The van der Waals surface area contributed by atoms with Gasteiger partial charge in [-0.05, 0) is 6.42 Å². The number of phosphoric ester groups is 1. The van der Waals surface area contributed by atoms with E-state index in [2.05, 4.69) is 20.5 Å². The molecule has 0 aromatic carbocycles. The van der Waals surface area contributed by atoms with Gasteiger partial charge in [0.05, 0.1) is 6.61 Å². The van der Waals surface area contributed by atoms with E-state index < -0.39 is 20.3 Å². The molecular formula is C12H22F3LiO4P. The Hall–Kier alpha value is 0.497. The quantitative estimate of drug-likeness (QED) is 0.329. The van der Waals surface area contributed by atoms with Gasteiger partial charge in [-0.2, -0.15) is 8.78 Å². The van der Waals surface area contributed by atoms with Crippen LogP contribution in [-0.4, -0.2) is 37.9 Å². The molecule has 1 saturated heterocycles. The summed E-state index contributed by atoms with van der Waals surface area (Å²) in [6.45, 7) is 2.10. The van der Waals surface area contributed by atoms with Crippen molar-refractivity contribution in [1.29, 1.82) is 0 Å². The number of unbranched alkanes of at least 4 members (excludes halogenated alkanes) is 7. The Morgan fingerprint density at radius 3 is 2.10 bits per heavy atom.